The second kappa shape index (κ2) is 6.54. The molecule has 2 rings (SSSR count). The first-order valence-corrected chi connectivity index (χ1v) is 7.48. The molecule has 0 spiro atoms. The quantitative estimate of drug-likeness (QED) is 0.770. The molecule has 1 heterocycles. The van der Waals surface area contributed by atoms with Crippen LogP contribution in [0.3, 0.4) is 0 Å². The van der Waals surface area contributed by atoms with Crippen molar-refractivity contribution in [3.8, 4) is 0 Å². The minimum atomic E-state index is -0.504. The average Bonchev–Trinajstić information content (AvgIpc) is 2.42. The van der Waals surface area contributed by atoms with E-state index in [4.69, 9.17) is 11.6 Å². The Morgan fingerprint density at radius 1 is 1.33 bits per heavy atom. The highest BCUT2D eigenvalue weighted by molar-refractivity contribution is 9.10. The number of halogens is 3. The number of nitrogens with zero attached hydrogens (tertiary/aromatic N) is 1. The molecule has 0 fully saturated rings. The van der Waals surface area contributed by atoms with Crippen LogP contribution in [-0.4, -0.2) is 10.9 Å². The van der Waals surface area contributed by atoms with Crippen LogP contribution >= 0.6 is 27.5 Å². The summed E-state index contributed by atoms with van der Waals surface area (Å²) in [6.45, 7) is 3.91. The number of nitrogens with one attached hydrogen (secondary N) is 1. The van der Waals surface area contributed by atoms with Crippen LogP contribution in [-0.2, 0) is 0 Å². The minimum absolute atomic E-state index is 0.105. The highest BCUT2D eigenvalue weighted by Crippen LogP contribution is 2.22. The number of anilines is 1. The predicted octanol–water partition coefficient (Wildman–Crippen LogP) is 5.01. The van der Waals surface area contributed by atoms with E-state index in [1.165, 1.54) is 18.2 Å². The zero-order valence-corrected chi connectivity index (χ0v) is 13.8. The lowest BCUT2D eigenvalue weighted by Crippen LogP contribution is -2.14. The zero-order chi connectivity index (χ0) is 15.6. The van der Waals surface area contributed by atoms with E-state index in [9.17, 15) is 9.18 Å². The third-order valence-electron chi connectivity index (χ3n) is 2.84. The van der Waals surface area contributed by atoms with Crippen LogP contribution in [0.25, 0.3) is 0 Å². The molecule has 6 heteroatoms. The number of carbonyl (C=O) groups is 1. The van der Waals surface area contributed by atoms with Gasteiger partial charge in [0.05, 0.1) is 5.69 Å². The van der Waals surface area contributed by atoms with E-state index in [2.05, 4.69) is 26.2 Å². The normalized spacial score (nSPS) is 10.8. The van der Waals surface area contributed by atoms with Crippen LogP contribution in [0, 0.1) is 5.82 Å². The van der Waals surface area contributed by atoms with Crippen molar-refractivity contribution in [3.05, 3.63) is 57.0 Å². The number of benzene rings is 1. The molecule has 1 aromatic carbocycles. The van der Waals surface area contributed by atoms with Gasteiger partial charge in [0.25, 0.3) is 5.91 Å². The molecule has 0 atom stereocenters. The van der Waals surface area contributed by atoms with Gasteiger partial charge in [-0.05, 0) is 36.2 Å². The maximum Gasteiger partial charge on any atom is 0.255 e. The average molecular weight is 372 g/mol. The van der Waals surface area contributed by atoms with Crippen LogP contribution in [0.2, 0.25) is 5.15 Å². The molecule has 0 saturated heterocycles. The predicted molar refractivity (Wildman–Crippen MR) is 85.4 cm³/mol. The van der Waals surface area contributed by atoms with E-state index in [0.717, 1.165) is 0 Å². The fraction of sp³-hybridized carbons (Fsp3) is 0.200. The summed E-state index contributed by atoms with van der Waals surface area (Å²) in [4.78, 5) is 16.4. The van der Waals surface area contributed by atoms with Gasteiger partial charge in [0.15, 0.2) is 0 Å². The monoisotopic (exact) mass is 370 g/mol. The van der Waals surface area contributed by atoms with Gasteiger partial charge in [-0.25, -0.2) is 9.37 Å². The molecule has 0 aliphatic rings. The third-order valence-corrected chi connectivity index (χ3v) is 3.53. The summed E-state index contributed by atoms with van der Waals surface area (Å²) in [5, 5.41) is 2.77. The van der Waals surface area contributed by atoms with E-state index in [1.54, 1.807) is 12.1 Å². The molecule has 2 aromatic rings. The Bertz CT molecular complexity index is 691. The number of hydrogen-bond acceptors (Lipinski definition) is 2. The van der Waals surface area contributed by atoms with Crippen molar-refractivity contribution in [2.24, 2.45) is 0 Å². The van der Waals surface area contributed by atoms with Crippen LogP contribution in [0.5, 0.6) is 0 Å². The van der Waals surface area contributed by atoms with Gasteiger partial charge in [-0.2, -0.15) is 0 Å². The molecule has 0 saturated carbocycles. The topological polar surface area (TPSA) is 42.0 Å². The molecule has 1 amide bonds. The molecule has 3 nitrogen and oxygen atoms in total. The molecule has 110 valence electrons. The first-order chi connectivity index (χ1) is 9.86. The molecule has 21 heavy (non-hydrogen) atoms. The van der Waals surface area contributed by atoms with E-state index < -0.39 is 11.7 Å². The summed E-state index contributed by atoms with van der Waals surface area (Å²) in [6, 6.07) is 7.45. The number of pyridine rings is 1. The maximum atomic E-state index is 13.7. The summed E-state index contributed by atoms with van der Waals surface area (Å²) in [6.07, 6.45) is 0. The largest absolute Gasteiger partial charge is 0.319 e. The van der Waals surface area contributed by atoms with Crippen molar-refractivity contribution >= 4 is 39.1 Å². The summed E-state index contributed by atoms with van der Waals surface area (Å²) >= 11 is 9.16. The number of amides is 1. The van der Waals surface area contributed by atoms with Crippen molar-refractivity contribution in [2.45, 2.75) is 19.8 Å². The Morgan fingerprint density at radius 2 is 2.05 bits per heavy atom. The van der Waals surface area contributed by atoms with Crippen LogP contribution in [0.15, 0.2) is 34.8 Å². The molecular weight excluding hydrogens is 359 g/mol. The van der Waals surface area contributed by atoms with Gasteiger partial charge in [-0.15, -0.1) is 0 Å². The van der Waals surface area contributed by atoms with Crippen molar-refractivity contribution in [2.75, 3.05) is 5.32 Å². The van der Waals surface area contributed by atoms with Crippen molar-refractivity contribution in [3.63, 3.8) is 0 Å². The molecule has 0 radical (unpaired) electrons. The lowest BCUT2D eigenvalue weighted by Gasteiger charge is -2.10. The number of carbonyl (C=O) groups excluding carboxylic acids is 1. The molecule has 1 N–H and O–H groups in total. The summed E-state index contributed by atoms with van der Waals surface area (Å²) < 4.78 is 14.3. The first-order valence-electron chi connectivity index (χ1n) is 6.30. The smallest absolute Gasteiger partial charge is 0.255 e. The third kappa shape index (κ3) is 4.02. The van der Waals surface area contributed by atoms with Crippen molar-refractivity contribution < 1.29 is 9.18 Å². The fourth-order valence-corrected chi connectivity index (χ4v) is 2.31. The highest BCUT2D eigenvalue weighted by Gasteiger charge is 2.13. The van der Waals surface area contributed by atoms with Gasteiger partial charge >= 0.3 is 0 Å². The van der Waals surface area contributed by atoms with E-state index in [-0.39, 0.29) is 16.8 Å². The molecule has 1 aromatic heterocycles. The summed E-state index contributed by atoms with van der Waals surface area (Å²) in [5.41, 5.74) is 1.16. The summed E-state index contributed by atoms with van der Waals surface area (Å²) in [5.74, 6) is -0.799. The highest BCUT2D eigenvalue weighted by atomic mass is 79.9. The number of rotatable bonds is 3. The van der Waals surface area contributed by atoms with Gasteiger partial charge in [0.2, 0.25) is 0 Å². The molecule has 0 bridgehead atoms. The van der Waals surface area contributed by atoms with Gasteiger partial charge in [-0.3, -0.25) is 4.79 Å². The SMILES string of the molecule is CC(C)c1cc(C(=O)Nc2cc(Br)ccc2F)cc(Cl)n1. The fourth-order valence-electron chi connectivity index (χ4n) is 1.73. The Morgan fingerprint density at radius 3 is 2.71 bits per heavy atom. The molecule has 0 unspecified atom stereocenters. The van der Waals surface area contributed by atoms with Crippen molar-refractivity contribution in [1.29, 1.82) is 0 Å². The Balaban J connectivity index is 2.30. The van der Waals surface area contributed by atoms with Gasteiger partial charge in [0.1, 0.15) is 11.0 Å². The zero-order valence-electron chi connectivity index (χ0n) is 11.5. The van der Waals surface area contributed by atoms with Crippen LogP contribution in [0.4, 0.5) is 10.1 Å². The lowest BCUT2D eigenvalue weighted by atomic mass is 10.1. The second-order valence-corrected chi connectivity index (χ2v) is 6.14. The van der Waals surface area contributed by atoms with Gasteiger partial charge in [-0.1, -0.05) is 41.4 Å². The summed E-state index contributed by atoms with van der Waals surface area (Å²) in [7, 11) is 0. The van der Waals surface area contributed by atoms with E-state index in [1.807, 2.05) is 13.8 Å². The molecule has 0 aliphatic carbocycles. The number of aromatic nitrogens is 1. The Labute approximate surface area is 135 Å². The van der Waals surface area contributed by atoms with Crippen LogP contribution < -0.4 is 5.32 Å². The van der Waals surface area contributed by atoms with E-state index >= 15 is 0 Å². The molecule has 0 aliphatic heterocycles. The second-order valence-electron chi connectivity index (χ2n) is 4.84. The van der Waals surface area contributed by atoms with Gasteiger partial charge < -0.3 is 5.32 Å². The molecular formula is C15H13BrClFN2O. The van der Waals surface area contributed by atoms with E-state index in [0.29, 0.717) is 15.7 Å². The minimum Gasteiger partial charge on any atom is -0.319 e. The van der Waals surface area contributed by atoms with Crippen molar-refractivity contribution in [1.82, 2.24) is 4.98 Å². The lowest BCUT2D eigenvalue weighted by molar-refractivity contribution is 0.102. The standard InChI is InChI=1S/C15H13BrClFN2O/c1-8(2)12-5-9(6-14(17)19-12)15(21)20-13-7-10(16)3-4-11(13)18/h3-8H,1-2H3,(H,20,21). The maximum absolute atomic E-state index is 13.7. The van der Waals surface area contributed by atoms with Crippen LogP contribution in [0.1, 0.15) is 35.8 Å². The number of hydrogen-bond donors (Lipinski definition) is 1. The Hall–Kier alpha value is -1.46. The van der Waals surface area contributed by atoms with Gasteiger partial charge in [0, 0.05) is 15.7 Å². The Kier molecular flexibility index (Phi) is 4.96. The first kappa shape index (κ1) is 15.9.